The highest BCUT2D eigenvalue weighted by Crippen LogP contribution is 2.35. The molecule has 1 aromatic rings. The quantitative estimate of drug-likeness (QED) is 0.645. The first-order chi connectivity index (χ1) is 6.86. The molecule has 0 bridgehead atoms. The van der Waals surface area contributed by atoms with Gasteiger partial charge in [-0.15, -0.1) is 11.8 Å². The van der Waals surface area contributed by atoms with Gasteiger partial charge in [-0.3, -0.25) is 4.79 Å². The Hall–Kier alpha value is -1.35. The van der Waals surface area contributed by atoms with Crippen molar-refractivity contribution in [2.24, 2.45) is 4.99 Å². The smallest absolute Gasteiger partial charge is 0.267 e. The summed E-state index contributed by atoms with van der Waals surface area (Å²) < 4.78 is 0. The van der Waals surface area contributed by atoms with Crippen molar-refractivity contribution in [1.29, 1.82) is 0 Å². The highest BCUT2D eigenvalue weighted by Gasteiger charge is 2.26. The normalized spacial score (nSPS) is 18.4. The number of thioether (sulfide) groups is 1. The molecule has 2 heterocycles. The van der Waals surface area contributed by atoms with Gasteiger partial charge in [-0.05, 0) is 11.6 Å². The first-order valence-electron chi connectivity index (χ1n) is 4.42. The van der Waals surface area contributed by atoms with E-state index in [1.165, 1.54) is 0 Å². The Morgan fingerprint density at radius 2 is 2.00 bits per heavy atom. The van der Waals surface area contributed by atoms with E-state index in [-0.39, 0.29) is 5.91 Å². The van der Waals surface area contributed by atoms with E-state index in [1.54, 1.807) is 11.8 Å². The predicted octanol–water partition coefficient (Wildman–Crippen LogP) is 2.37. The SMILES string of the molecule is O=C1N=C2SCC=C2c2ccccc21. The molecule has 0 unspecified atom stereocenters. The summed E-state index contributed by atoms with van der Waals surface area (Å²) in [5.74, 6) is 0.817. The molecule has 0 fully saturated rings. The van der Waals surface area contributed by atoms with Crippen LogP contribution in [0.5, 0.6) is 0 Å². The van der Waals surface area contributed by atoms with Gasteiger partial charge in [0.15, 0.2) is 0 Å². The van der Waals surface area contributed by atoms with Crippen LogP contribution in [0.25, 0.3) is 5.57 Å². The van der Waals surface area contributed by atoms with E-state index in [9.17, 15) is 4.79 Å². The van der Waals surface area contributed by atoms with Gasteiger partial charge in [0.05, 0.1) is 0 Å². The van der Waals surface area contributed by atoms with Crippen molar-refractivity contribution >= 4 is 28.3 Å². The van der Waals surface area contributed by atoms with E-state index >= 15 is 0 Å². The van der Waals surface area contributed by atoms with Crippen molar-refractivity contribution in [2.45, 2.75) is 0 Å². The second-order valence-corrected chi connectivity index (χ2v) is 4.21. The predicted molar refractivity (Wildman–Crippen MR) is 58.6 cm³/mol. The fraction of sp³-hybridized carbons (Fsp3) is 0.0909. The number of amides is 1. The third-order valence-electron chi connectivity index (χ3n) is 2.39. The van der Waals surface area contributed by atoms with E-state index in [0.29, 0.717) is 0 Å². The number of aliphatic imine (C=N–C) groups is 1. The summed E-state index contributed by atoms with van der Waals surface area (Å²) in [5.41, 5.74) is 2.89. The van der Waals surface area contributed by atoms with Gasteiger partial charge in [-0.1, -0.05) is 24.3 Å². The molecule has 0 spiro atoms. The van der Waals surface area contributed by atoms with Gasteiger partial charge < -0.3 is 0 Å². The van der Waals surface area contributed by atoms with Crippen molar-refractivity contribution in [2.75, 3.05) is 5.75 Å². The number of carbonyl (C=O) groups excluding carboxylic acids is 1. The standard InChI is InChI=1S/C11H7NOS/c13-10-8-4-2-1-3-7(8)9-5-6-14-11(9)12-10/h1-5H,6H2. The number of benzene rings is 1. The number of rotatable bonds is 0. The zero-order valence-electron chi connectivity index (χ0n) is 7.36. The van der Waals surface area contributed by atoms with Gasteiger partial charge in [0.2, 0.25) is 0 Å². The summed E-state index contributed by atoms with van der Waals surface area (Å²) in [5, 5.41) is 0.883. The third kappa shape index (κ3) is 0.990. The van der Waals surface area contributed by atoms with Gasteiger partial charge in [-0.2, -0.15) is 0 Å². The highest BCUT2D eigenvalue weighted by molar-refractivity contribution is 8.15. The summed E-state index contributed by atoms with van der Waals surface area (Å²) in [6.07, 6.45) is 2.13. The molecular weight excluding hydrogens is 194 g/mol. The Morgan fingerprint density at radius 3 is 2.86 bits per heavy atom. The Bertz CT molecular complexity index is 488. The summed E-state index contributed by atoms with van der Waals surface area (Å²) in [7, 11) is 0. The lowest BCUT2D eigenvalue weighted by atomic mass is 9.97. The van der Waals surface area contributed by atoms with E-state index in [4.69, 9.17) is 0 Å². The van der Waals surface area contributed by atoms with Gasteiger partial charge in [0.25, 0.3) is 5.91 Å². The molecule has 0 atom stereocenters. The summed E-state index contributed by atoms with van der Waals surface area (Å²) in [6.45, 7) is 0. The minimum absolute atomic E-state index is 0.109. The van der Waals surface area contributed by atoms with Crippen LogP contribution in [0.15, 0.2) is 35.3 Å². The molecule has 3 rings (SSSR count). The summed E-state index contributed by atoms with van der Waals surface area (Å²) in [4.78, 5) is 15.7. The van der Waals surface area contributed by atoms with Crippen LogP contribution in [-0.4, -0.2) is 16.7 Å². The molecule has 14 heavy (non-hydrogen) atoms. The minimum atomic E-state index is -0.109. The first-order valence-corrected chi connectivity index (χ1v) is 5.40. The van der Waals surface area contributed by atoms with Gasteiger partial charge in [-0.25, -0.2) is 4.99 Å². The van der Waals surface area contributed by atoms with Crippen molar-refractivity contribution in [3.05, 3.63) is 41.5 Å². The number of nitrogens with zero attached hydrogens (tertiary/aromatic N) is 1. The molecule has 0 radical (unpaired) electrons. The Morgan fingerprint density at radius 1 is 1.21 bits per heavy atom. The maximum Gasteiger partial charge on any atom is 0.278 e. The van der Waals surface area contributed by atoms with Crippen LogP contribution in [0.1, 0.15) is 15.9 Å². The van der Waals surface area contributed by atoms with Crippen LogP contribution in [-0.2, 0) is 0 Å². The summed E-state index contributed by atoms with van der Waals surface area (Å²) >= 11 is 1.63. The van der Waals surface area contributed by atoms with E-state index in [1.807, 2.05) is 24.3 Å². The lowest BCUT2D eigenvalue weighted by molar-refractivity contribution is 0.100. The molecular formula is C11H7NOS. The Labute approximate surface area is 85.7 Å². The number of hydrogen-bond acceptors (Lipinski definition) is 2. The highest BCUT2D eigenvalue weighted by atomic mass is 32.2. The molecule has 0 saturated heterocycles. The zero-order chi connectivity index (χ0) is 9.54. The maximum absolute atomic E-state index is 11.6. The second-order valence-electron chi connectivity index (χ2n) is 3.20. The lowest BCUT2D eigenvalue weighted by Gasteiger charge is -2.13. The Kier molecular flexibility index (Phi) is 1.61. The molecule has 0 aliphatic carbocycles. The average molecular weight is 201 g/mol. The van der Waals surface area contributed by atoms with Crippen LogP contribution >= 0.6 is 11.8 Å². The molecule has 3 heteroatoms. The molecule has 1 aromatic carbocycles. The van der Waals surface area contributed by atoms with Crippen LogP contribution in [0.2, 0.25) is 0 Å². The molecule has 2 aliphatic rings. The lowest BCUT2D eigenvalue weighted by Crippen LogP contribution is -2.10. The minimum Gasteiger partial charge on any atom is -0.267 e. The molecule has 1 amide bonds. The van der Waals surface area contributed by atoms with Crippen molar-refractivity contribution < 1.29 is 4.79 Å². The van der Waals surface area contributed by atoms with Gasteiger partial charge in [0, 0.05) is 16.9 Å². The van der Waals surface area contributed by atoms with Crippen LogP contribution in [0, 0.1) is 0 Å². The molecule has 0 aromatic heterocycles. The number of hydrogen-bond donors (Lipinski definition) is 0. The summed E-state index contributed by atoms with van der Waals surface area (Å²) in [6, 6.07) is 7.65. The average Bonchev–Trinajstić information content (AvgIpc) is 2.66. The molecule has 2 aliphatic heterocycles. The fourth-order valence-electron chi connectivity index (χ4n) is 1.74. The van der Waals surface area contributed by atoms with E-state index in [2.05, 4.69) is 11.1 Å². The van der Waals surface area contributed by atoms with Crippen molar-refractivity contribution in [1.82, 2.24) is 0 Å². The molecule has 2 nitrogen and oxygen atoms in total. The molecule has 68 valence electrons. The molecule has 0 saturated carbocycles. The van der Waals surface area contributed by atoms with Gasteiger partial charge in [0.1, 0.15) is 5.04 Å². The third-order valence-corrected chi connectivity index (χ3v) is 3.31. The number of carbonyl (C=O) groups is 1. The van der Waals surface area contributed by atoms with Crippen molar-refractivity contribution in [3.8, 4) is 0 Å². The first kappa shape index (κ1) is 8.00. The van der Waals surface area contributed by atoms with Crippen molar-refractivity contribution in [3.63, 3.8) is 0 Å². The van der Waals surface area contributed by atoms with E-state index in [0.717, 1.165) is 27.5 Å². The zero-order valence-corrected chi connectivity index (χ0v) is 8.17. The fourth-order valence-corrected chi connectivity index (χ4v) is 2.65. The van der Waals surface area contributed by atoms with Crippen LogP contribution in [0.3, 0.4) is 0 Å². The van der Waals surface area contributed by atoms with Crippen LogP contribution in [0.4, 0.5) is 0 Å². The number of fused-ring (bicyclic) bond motifs is 3. The van der Waals surface area contributed by atoms with Gasteiger partial charge >= 0.3 is 0 Å². The van der Waals surface area contributed by atoms with E-state index < -0.39 is 0 Å². The topological polar surface area (TPSA) is 29.4 Å². The Balaban J connectivity index is 2.30. The maximum atomic E-state index is 11.6. The molecule has 0 N–H and O–H groups in total. The monoisotopic (exact) mass is 201 g/mol. The van der Waals surface area contributed by atoms with Crippen LogP contribution < -0.4 is 0 Å². The second kappa shape index (κ2) is 2.82. The largest absolute Gasteiger partial charge is 0.278 e.